The van der Waals surface area contributed by atoms with Crippen LogP contribution in [0.3, 0.4) is 0 Å². The first-order valence-corrected chi connectivity index (χ1v) is 7.99. The molecule has 0 aliphatic rings. The third-order valence-electron chi connectivity index (χ3n) is 3.08. The fourth-order valence-electron chi connectivity index (χ4n) is 1.92. The van der Waals surface area contributed by atoms with Crippen LogP contribution in [0.4, 0.5) is 0 Å². The number of ether oxygens (including phenoxy) is 4. The van der Waals surface area contributed by atoms with Crippen LogP contribution >= 0.6 is 0 Å². The average Bonchev–Trinajstić information content (AvgIpc) is 2.70. The molecular weight excluding hydrogens is 332 g/mol. The molecular formula is C20H18N2O4. The Hall–Kier alpha value is -3.64. The van der Waals surface area contributed by atoms with Gasteiger partial charge in [0.2, 0.25) is 5.57 Å². The fourth-order valence-corrected chi connectivity index (χ4v) is 1.92. The first-order valence-electron chi connectivity index (χ1n) is 7.99. The highest BCUT2D eigenvalue weighted by Crippen LogP contribution is 2.11. The minimum Gasteiger partial charge on any atom is -0.490 e. The van der Waals surface area contributed by atoms with Crippen LogP contribution < -0.4 is 9.47 Å². The number of hydrogen-bond donors (Lipinski definition) is 0. The van der Waals surface area contributed by atoms with Gasteiger partial charge in [-0.1, -0.05) is 36.4 Å². The Kier molecular flexibility index (Phi) is 7.92. The summed E-state index contributed by atoms with van der Waals surface area (Å²) in [5.74, 6) is 1.29. The molecule has 0 N–H and O–H groups in total. The molecule has 0 heterocycles. The molecule has 0 fully saturated rings. The van der Waals surface area contributed by atoms with E-state index in [0.29, 0.717) is 11.5 Å². The molecule has 0 bridgehead atoms. The second-order valence-corrected chi connectivity index (χ2v) is 4.91. The second-order valence-electron chi connectivity index (χ2n) is 4.91. The van der Waals surface area contributed by atoms with Gasteiger partial charge in [-0.25, -0.2) is 0 Å². The summed E-state index contributed by atoms with van der Waals surface area (Å²) in [6.45, 7) is 0.774. The molecule has 0 radical (unpaired) electrons. The van der Waals surface area contributed by atoms with E-state index >= 15 is 0 Å². The SMILES string of the molecule is N#CC(C#N)=C(OCCOc1ccccc1)OCCOc1ccccc1. The van der Waals surface area contributed by atoms with Crippen molar-refractivity contribution in [3.8, 4) is 23.6 Å². The molecule has 0 aliphatic heterocycles. The minimum atomic E-state index is -0.232. The molecule has 132 valence electrons. The molecule has 0 aromatic heterocycles. The van der Waals surface area contributed by atoms with Crippen LogP contribution in [0.5, 0.6) is 11.5 Å². The first kappa shape index (κ1) is 18.7. The quantitative estimate of drug-likeness (QED) is 0.371. The third-order valence-corrected chi connectivity index (χ3v) is 3.08. The molecule has 0 unspecified atom stereocenters. The molecule has 2 aromatic carbocycles. The van der Waals surface area contributed by atoms with Crippen molar-refractivity contribution in [2.75, 3.05) is 26.4 Å². The lowest BCUT2D eigenvalue weighted by atomic mass is 10.3. The van der Waals surface area contributed by atoms with E-state index in [-0.39, 0.29) is 37.9 Å². The Bertz CT molecular complexity index is 711. The second kappa shape index (κ2) is 11.0. The molecule has 6 heteroatoms. The van der Waals surface area contributed by atoms with Gasteiger partial charge >= 0.3 is 5.95 Å². The van der Waals surface area contributed by atoms with Crippen molar-refractivity contribution < 1.29 is 18.9 Å². The average molecular weight is 350 g/mol. The number of allylic oxidation sites excluding steroid dienone is 1. The molecule has 2 rings (SSSR count). The van der Waals surface area contributed by atoms with Crippen LogP contribution in [0, 0.1) is 22.7 Å². The van der Waals surface area contributed by atoms with Gasteiger partial charge < -0.3 is 18.9 Å². The standard InChI is InChI=1S/C20H18N2O4/c21-15-17(16-22)20(25-13-11-23-18-7-3-1-4-8-18)26-14-12-24-19-9-5-2-6-10-19/h1-10H,11-14H2. The van der Waals surface area contributed by atoms with E-state index in [1.54, 1.807) is 12.1 Å². The number of rotatable bonds is 10. The van der Waals surface area contributed by atoms with Gasteiger partial charge in [0, 0.05) is 0 Å². The molecule has 26 heavy (non-hydrogen) atoms. The Balaban J connectivity index is 1.78. The minimum absolute atomic E-state index is 0.122. The van der Waals surface area contributed by atoms with E-state index in [0.717, 1.165) is 0 Å². The predicted octanol–water partition coefficient (Wildman–Crippen LogP) is 3.44. The molecule has 0 amide bonds. The van der Waals surface area contributed by atoms with Gasteiger partial charge in [0.25, 0.3) is 0 Å². The maximum Gasteiger partial charge on any atom is 0.309 e. The van der Waals surface area contributed by atoms with Gasteiger partial charge in [-0.2, -0.15) is 10.5 Å². The monoisotopic (exact) mass is 350 g/mol. The van der Waals surface area contributed by atoms with E-state index in [1.807, 2.05) is 60.7 Å². The predicted molar refractivity (Wildman–Crippen MR) is 94.0 cm³/mol. The fraction of sp³-hybridized carbons (Fsp3) is 0.200. The zero-order valence-electron chi connectivity index (χ0n) is 14.1. The van der Waals surface area contributed by atoms with Crippen LogP contribution in [0.15, 0.2) is 72.2 Å². The Morgan fingerprint density at radius 3 is 1.46 bits per heavy atom. The van der Waals surface area contributed by atoms with Crippen LogP contribution in [-0.4, -0.2) is 26.4 Å². The van der Waals surface area contributed by atoms with E-state index in [2.05, 4.69) is 0 Å². The van der Waals surface area contributed by atoms with Crippen molar-refractivity contribution in [2.45, 2.75) is 0 Å². The highest BCUT2D eigenvalue weighted by Gasteiger charge is 2.10. The summed E-state index contributed by atoms with van der Waals surface area (Å²) in [5.41, 5.74) is -0.232. The summed E-state index contributed by atoms with van der Waals surface area (Å²) in [6.07, 6.45) is 0. The van der Waals surface area contributed by atoms with E-state index < -0.39 is 0 Å². The molecule has 2 aromatic rings. The van der Waals surface area contributed by atoms with Crippen LogP contribution in [-0.2, 0) is 9.47 Å². The third kappa shape index (κ3) is 6.46. The topological polar surface area (TPSA) is 84.5 Å². The number of para-hydroxylation sites is 2. The summed E-state index contributed by atoms with van der Waals surface area (Å²) in [6, 6.07) is 22.0. The van der Waals surface area contributed by atoms with Crippen molar-refractivity contribution in [2.24, 2.45) is 0 Å². The number of nitrogens with zero attached hydrogens (tertiary/aromatic N) is 2. The molecule has 0 aliphatic carbocycles. The summed E-state index contributed by atoms with van der Waals surface area (Å²) in [7, 11) is 0. The van der Waals surface area contributed by atoms with E-state index in [1.165, 1.54) is 0 Å². The highest BCUT2D eigenvalue weighted by molar-refractivity contribution is 5.36. The molecule has 0 atom stereocenters. The maximum absolute atomic E-state index is 9.01. The van der Waals surface area contributed by atoms with Gasteiger partial charge in [-0.05, 0) is 24.3 Å². The van der Waals surface area contributed by atoms with Gasteiger partial charge in [0.1, 0.15) is 50.1 Å². The number of nitriles is 2. The highest BCUT2D eigenvalue weighted by atomic mass is 16.7. The van der Waals surface area contributed by atoms with Gasteiger partial charge in [-0.15, -0.1) is 0 Å². The molecule has 0 saturated carbocycles. The van der Waals surface area contributed by atoms with Crippen molar-refractivity contribution in [1.82, 2.24) is 0 Å². The zero-order chi connectivity index (χ0) is 18.5. The van der Waals surface area contributed by atoms with Crippen molar-refractivity contribution in [3.05, 3.63) is 72.2 Å². The van der Waals surface area contributed by atoms with Crippen molar-refractivity contribution in [3.63, 3.8) is 0 Å². The Morgan fingerprint density at radius 1 is 0.654 bits per heavy atom. The lowest BCUT2D eigenvalue weighted by molar-refractivity contribution is 0.0130. The molecule has 0 spiro atoms. The maximum atomic E-state index is 9.01. The van der Waals surface area contributed by atoms with E-state index in [9.17, 15) is 0 Å². The molecule has 6 nitrogen and oxygen atoms in total. The smallest absolute Gasteiger partial charge is 0.309 e. The Morgan fingerprint density at radius 2 is 1.08 bits per heavy atom. The summed E-state index contributed by atoms with van der Waals surface area (Å²) < 4.78 is 21.8. The lowest BCUT2D eigenvalue weighted by Gasteiger charge is -2.13. The normalized spacial score (nSPS) is 9.31. The summed E-state index contributed by atoms with van der Waals surface area (Å²) in [4.78, 5) is 0. The first-order chi connectivity index (χ1) is 12.8. The Labute approximate surface area is 152 Å². The van der Waals surface area contributed by atoms with Crippen molar-refractivity contribution in [1.29, 1.82) is 10.5 Å². The number of hydrogen-bond acceptors (Lipinski definition) is 6. The zero-order valence-corrected chi connectivity index (χ0v) is 14.1. The van der Waals surface area contributed by atoms with Crippen molar-refractivity contribution >= 4 is 0 Å². The van der Waals surface area contributed by atoms with Crippen LogP contribution in [0.2, 0.25) is 0 Å². The number of benzene rings is 2. The summed E-state index contributed by atoms with van der Waals surface area (Å²) in [5, 5.41) is 18.0. The summed E-state index contributed by atoms with van der Waals surface area (Å²) >= 11 is 0. The van der Waals surface area contributed by atoms with Crippen LogP contribution in [0.25, 0.3) is 0 Å². The van der Waals surface area contributed by atoms with Gasteiger partial charge in [0.05, 0.1) is 0 Å². The van der Waals surface area contributed by atoms with Gasteiger partial charge in [-0.3, -0.25) is 0 Å². The van der Waals surface area contributed by atoms with Gasteiger partial charge in [0.15, 0.2) is 0 Å². The molecule has 0 saturated heterocycles. The lowest BCUT2D eigenvalue weighted by Crippen LogP contribution is -2.12. The van der Waals surface area contributed by atoms with Crippen LogP contribution in [0.1, 0.15) is 0 Å². The van der Waals surface area contributed by atoms with E-state index in [4.69, 9.17) is 29.5 Å². The largest absolute Gasteiger partial charge is 0.490 e.